The molecular weight excluding hydrogens is 396 g/mol. The van der Waals surface area contributed by atoms with Gasteiger partial charge in [0.15, 0.2) is 0 Å². The molecule has 6 nitrogen and oxygen atoms in total. The number of nitrogens with zero attached hydrogens (tertiary/aromatic N) is 1. The van der Waals surface area contributed by atoms with Gasteiger partial charge >= 0.3 is 0 Å². The lowest BCUT2D eigenvalue weighted by atomic mass is 9.99. The number of hydrogen-bond donors (Lipinski definition) is 1. The number of likely N-dealkylation sites (tertiary alicyclic amines) is 1. The van der Waals surface area contributed by atoms with Gasteiger partial charge in [-0.2, -0.15) is 0 Å². The van der Waals surface area contributed by atoms with Crippen LogP contribution in [-0.4, -0.2) is 38.9 Å². The first-order valence-corrected chi connectivity index (χ1v) is 11.8. The van der Waals surface area contributed by atoms with E-state index >= 15 is 0 Å². The summed E-state index contributed by atoms with van der Waals surface area (Å²) >= 11 is 1.07. The SMILES string of the molecule is CCOc1ccccc1CNS(=O)(=O)c1cc(C(=O)N2CCC(C)CC2)cs1. The number of rotatable bonds is 7. The second-order valence-corrected chi connectivity index (χ2v) is 9.90. The molecule has 0 aliphatic carbocycles. The third-order valence-electron chi connectivity index (χ3n) is 4.88. The number of nitrogens with one attached hydrogen (secondary N) is 1. The Balaban J connectivity index is 1.67. The maximum Gasteiger partial charge on any atom is 0.254 e. The van der Waals surface area contributed by atoms with Crippen LogP contribution >= 0.6 is 11.3 Å². The first kappa shape index (κ1) is 20.8. The van der Waals surface area contributed by atoms with E-state index in [4.69, 9.17) is 4.74 Å². The van der Waals surface area contributed by atoms with Gasteiger partial charge in [-0.25, -0.2) is 13.1 Å². The maximum atomic E-state index is 12.7. The number of carbonyl (C=O) groups excluding carboxylic acids is 1. The molecule has 1 aliphatic rings. The Hall–Kier alpha value is -1.90. The third-order valence-corrected chi connectivity index (χ3v) is 7.72. The Morgan fingerprint density at radius 3 is 2.71 bits per heavy atom. The molecule has 8 heteroatoms. The summed E-state index contributed by atoms with van der Waals surface area (Å²) in [6.45, 7) is 6.16. The van der Waals surface area contributed by atoms with Crippen molar-refractivity contribution in [2.45, 2.75) is 37.4 Å². The summed E-state index contributed by atoms with van der Waals surface area (Å²) in [5, 5.41) is 1.63. The highest BCUT2D eigenvalue weighted by Gasteiger charge is 2.24. The van der Waals surface area contributed by atoms with Gasteiger partial charge in [0.1, 0.15) is 9.96 Å². The van der Waals surface area contributed by atoms with Crippen LogP contribution in [0.25, 0.3) is 0 Å². The van der Waals surface area contributed by atoms with E-state index in [1.165, 1.54) is 6.07 Å². The van der Waals surface area contributed by atoms with E-state index in [0.29, 0.717) is 23.8 Å². The van der Waals surface area contributed by atoms with Gasteiger partial charge in [0.05, 0.1) is 12.2 Å². The number of thiophene rings is 1. The Bertz CT molecular complexity index is 916. The van der Waals surface area contributed by atoms with E-state index in [2.05, 4.69) is 11.6 Å². The monoisotopic (exact) mass is 422 g/mol. The van der Waals surface area contributed by atoms with Crippen molar-refractivity contribution in [1.29, 1.82) is 0 Å². The molecule has 0 saturated carbocycles. The highest BCUT2D eigenvalue weighted by molar-refractivity contribution is 7.91. The van der Waals surface area contributed by atoms with Gasteiger partial charge in [0.25, 0.3) is 5.91 Å². The molecule has 1 N–H and O–H groups in total. The lowest BCUT2D eigenvalue weighted by Crippen LogP contribution is -2.37. The molecule has 28 heavy (non-hydrogen) atoms. The standard InChI is InChI=1S/C20H26N2O4S2/c1-3-26-18-7-5-4-6-16(18)13-21-28(24,25)19-12-17(14-27-19)20(23)22-10-8-15(2)9-11-22/h4-7,12,14-15,21H,3,8-11,13H2,1-2H3. The van der Waals surface area contributed by atoms with Crippen LogP contribution in [0.1, 0.15) is 42.6 Å². The van der Waals surface area contributed by atoms with Crippen molar-refractivity contribution in [3.05, 3.63) is 46.8 Å². The van der Waals surface area contributed by atoms with Crippen molar-refractivity contribution in [2.75, 3.05) is 19.7 Å². The molecule has 1 saturated heterocycles. The van der Waals surface area contributed by atoms with Crippen LogP contribution < -0.4 is 9.46 Å². The van der Waals surface area contributed by atoms with E-state index in [-0.39, 0.29) is 16.7 Å². The quantitative estimate of drug-likeness (QED) is 0.741. The first-order valence-electron chi connectivity index (χ1n) is 9.49. The normalized spacial score (nSPS) is 15.6. The molecule has 0 spiro atoms. The Kier molecular flexibility index (Phi) is 6.74. The molecule has 1 aliphatic heterocycles. The molecule has 0 bridgehead atoms. The lowest BCUT2D eigenvalue weighted by molar-refractivity contribution is 0.0697. The summed E-state index contributed by atoms with van der Waals surface area (Å²) in [5.74, 6) is 1.20. The number of amides is 1. The van der Waals surface area contributed by atoms with Crippen molar-refractivity contribution < 1.29 is 17.9 Å². The van der Waals surface area contributed by atoms with Crippen molar-refractivity contribution in [3.63, 3.8) is 0 Å². The number of hydrogen-bond acceptors (Lipinski definition) is 5. The van der Waals surface area contributed by atoms with E-state index in [1.807, 2.05) is 36.1 Å². The summed E-state index contributed by atoms with van der Waals surface area (Å²) in [7, 11) is -3.70. The summed E-state index contributed by atoms with van der Waals surface area (Å²) in [6.07, 6.45) is 1.98. The van der Waals surface area contributed by atoms with Gasteiger partial charge < -0.3 is 9.64 Å². The van der Waals surface area contributed by atoms with Crippen molar-refractivity contribution in [2.24, 2.45) is 5.92 Å². The van der Waals surface area contributed by atoms with E-state index in [1.54, 1.807) is 5.38 Å². The van der Waals surface area contributed by atoms with Crippen LogP contribution in [0.5, 0.6) is 5.75 Å². The fourth-order valence-electron chi connectivity index (χ4n) is 3.15. The number of ether oxygens (including phenoxy) is 1. The van der Waals surface area contributed by atoms with Crippen molar-refractivity contribution in [3.8, 4) is 5.75 Å². The van der Waals surface area contributed by atoms with Crippen LogP contribution in [0.2, 0.25) is 0 Å². The fraction of sp³-hybridized carbons (Fsp3) is 0.450. The van der Waals surface area contributed by atoms with Gasteiger partial charge in [-0.15, -0.1) is 11.3 Å². The molecule has 0 radical (unpaired) electrons. The van der Waals surface area contributed by atoms with Crippen LogP contribution in [0.3, 0.4) is 0 Å². The van der Waals surface area contributed by atoms with Gasteiger partial charge in [0, 0.05) is 30.6 Å². The predicted molar refractivity (Wildman–Crippen MR) is 110 cm³/mol. The van der Waals surface area contributed by atoms with Gasteiger partial charge in [-0.1, -0.05) is 25.1 Å². The second kappa shape index (κ2) is 9.07. The average molecular weight is 423 g/mol. The number of para-hydroxylation sites is 1. The summed E-state index contributed by atoms with van der Waals surface area (Å²) in [5.41, 5.74) is 1.21. The summed E-state index contributed by atoms with van der Waals surface area (Å²) in [6, 6.07) is 8.81. The number of sulfonamides is 1. The minimum atomic E-state index is -3.70. The molecule has 1 fully saturated rings. The molecule has 3 rings (SSSR count). The minimum Gasteiger partial charge on any atom is -0.494 e. The molecule has 1 aromatic heterocycles. The van der Waals surface area contributed by atoms with Gasteiger partial charge in [-0.05, 0) is 37.8 Å². The smallest absolute Gasteiger partial charge is 0.254 e. The number of carbonyl (C=O) groups is 1. The lowest BCUT2D eigenvalue weighted by Gasteiger charge is -2.30. The van der Waals surface area contributed by atoms with Crippen molar-refractivity contribution >= 4 is 27.3 Å². The van der Waals surface area contributed by atoms with Crippen LogP contribution in [0.15, 0.2) is 39.9 Å². The largest absolute Gasteiger partial charge is 0.494 e. The molecule has 2 aromatic rings. The van der Waals surface area contributed by atoms with Crippen LogP contribution in [0.4, 0.5) is 0 Å². The van der Waals surface area contributed by atoms with Gasteiger partial charge in [0.2, 0.25) is 10.0 Å². The summed E-state index contributed by atoms with van der Waals surface area (Å²) < 4.78 is 33.6. The molecule has 0 atom stereocenters. The highest BCUT2D eigenvalue weighted by Crippen LogP contribution is 2.25. The molecule has 2 heterocycles. The van der Waals surface area contributed by atoms with E-state index in [9.17, 15) is 13.2 Å². The zero-order valence-corrected chi connectivity index (χ0v) is 17.8. The summed E-state index contributed by atoms with van der Waals surface area (Å²) in [4.78, 5) is 14.5. The zero-order valence-electron chi connectivity index (χ0n) is 16.2. The molecular formula is C20H26N2O4S2. The van der Waals surface area contributed by atoms with E-state index in [0.717, 1.165) is 42.8 Å². The highest BCUT2D eigenvalue weighted by atomic mass is 32.2. The van der Waals surface area contributed by atoms with E-state index < -0.39 is 10.0 Å². The van der Waals surface area contributed by atoms with Crippen LogP contribution in [0, 0.1) is 5.92 Å². The van der Waals surface area contributed by atoms with Gasteiger partial charge in [-0.3, -0.25) is 4.79 Å². The average Bonchev–Trinajstić information content (AvgIpc) is 3.19. The third kappa shape index (κ3) is 4.92. The maximum absolute atomic E-state index is 12.7. The Morgan fingerprint density at radius 1 is 1.29 bits per heavy atom. The Morgan fingerprint density at radius 2 is 2.00 bits per heavy atom. The van der Waals surface area contributed by atoms with Crippen LogP contribution in [-0.2, 0) is 16.6 Å². The Labute approximate surface area is 170 Å². The predicted octanol–water partition coefficient (Wildman–Crippen LogP) is 3.50. The first-order chi connectivity index (χ1) is 13.4. The zero-order chi connectivity index (χ0) is 20.1. The van der Waals surface area contributed by atoms with Crippen molar-refractivity contribution in [1.82, 2.24) is 9.62 Å². The number of piperidine rings is 1. The topological polar surface area (TPSA) is 75.7 Å². The number of benzene rings is 1. The second-order valence-electron chi connectivity index (χ2n) is 6.99. The fourth-order valence-corrected chi connectivity index (χ4v) is 5.36. The minimum absolute atomic E-state index is 0.0914. The molecule has 1 amide bonds. The molecule has 0 unspecified atom stereocenters. The molecule has 1 aromatic carbocycles. The molecule has 152 valence electrons.